The maximum absolute atomic E-state index is 12.4. The van der Waals surface area contributed by atoms with Crippen LogP contribution in [0.4, 0.5) is 5.69 Å². The summed E-state index contributed by atoms with van der Waals surface area (Å²) in [5.74, 6) is -1.89. The number of carbonyl (C=O) groups is 3. The van der Waals surface area contributed by atoms with Gasteiger partial charge in [-0.15, -0.1) is 0 Å². The zero-order chi connectivity index (χ0) is 22.2. The maximum Gasteiger partial charge on any atom is 0.328 e. The molecule has 2 atom stereocenters. The molecule has 9 nitrogen and oxygen atoms in total. The highest BCUT2D eigenvalue weighted by molar-refractivity contribution is 5.85. The fraction of sp³-hybridized carbons (Fsp3) is 0.550. The number of carbonyl (C=O) groups excluding carboxylic acids is 3. The molecule has 0 aliphatic rings. The molecule has 160 valence electrons. The standard InChI is InChI=1S/C20H28N2O7/c1-20(2,3)15(18(24)28-4)10-11-17(23)21-16(19(25)29-5)12-13-6-8-14(9-7-13)22(26)27/h6-9,15-16H,10-12H2,1-5H3,(H,21,23). The Balaban J connectivity index is 2.79. The molecule has 1 aromatic rings. The minimum absolute atomic E-state index is 0.0325. The molecule has 2 unspecified atom stereocenters. The smallest absolute Gasteiger partial charge is 0.328 e. The second-order valence-electron chi connectivity index (χ2n) is 7.75. The van der Waals surface area contributed by atoms with Crippen molar-refractivity contribution in [2.45, 2.75) is 46.1 Å². The van der Waals surface area contributed by atoms with Crippen molar-refractivity contribution in [1.29, 1.82) is 0 Å². The van der Waals surface area contributed by atoms with Crippen LogP contribution in [0.3, 0.4) is 0 Å². The summed E-state index contributed by atoms with van der Waals surface area (Å²) in [4.78, 5) is 46.7. The molecular formula is C20H28N2O7. The lowest BCUT2D eigenvalue weighted by molar-refractivity contribution is -0.384. The highest BCUT2D eigenvalue weighted by Gasteiger charge is 2.33. The molecule has 9 heteroatoms. The molecule has 0 aliphatic carbocycles. The van der Waals surface area contributed by atoms with Crippen molar-refractivity contribution in [2.75, 3.05) is 14.2 Å². The number of hydrogen-bond acceptors (Lipinski definition) is 7. The van der Waals surface area contributed by atoms with Crippen LogP contribution in [0.2, 0.25) is 0 Å². The molecule has 29 heavy (non-hydrogen) atoms. The molecule has 0 heterocycles. The molecule has 0 spiro atoms. The van der Waals surface area contributed by atoms with E-state index in [0.717, 1.165) is 0 Å². The first-order valence-corrected chi connectivity index (χ1v) is 9.18. The summed E-state index contributed by atoms with van der Waals surface area (Å²) < 4.78 is 9.57. The first-order chi connectivity index (χ1) is 13.5. The summed E-state index contributed by atoms with van der Waals surface area (Å²) in [6.45, 7) is 5.66. The van der Waals surface area contributed by atoms with Gasteiger partial charge in [-0.1, -0.05) is 32.9 Å². The van der Waals surface area contributed by atoms with Crippen molar-refractivity contribution < 1.29 is 28.8 Å². The second kappa shape index (κ2) is 10.5. The maximum atomic E-state index is 12.4. The molecule has 0 radical (unpaired) electrons. The van der Waals surface area contributed by atoms with Crippen molar-refractivity contribution in [3.8, 4) is 0 Å². The molecular weight excluding hydrogens is 380 g/mol. The van der Waals surface area contributed by atoms with Crippen LogP contribution >= 0.6 is 0 Å². The van der Waals surface area contributed by atoms with Gasteiger partial charge in [0.2, 0.25) is 5.91 Å². The zero-order valence-corrected chi connectivity index (χ0v) is 17.4. The number of rotatable bonds is 9. The van der Waals surface area contributed by atoms with E-state index in [2.05, 4.69) is 5.32 Å². The van der Waals surface area contributed by atoms with Gasteiger partial charge in [-0.3, -0.25) is 19.7 Å². The van der Waals surface area contributed by atoms with Gasteiger partial charge < -0.3 is 14.8 Å². The first kappa shape index (κ1) is 24.1. The Bertz CT molecular complexity index is 738. The number of nitrogens with one attached hydrogen (secondary N) is 1. The van der Waals surface area contributed by atoms with Gasteiger partial charge in [0.25, 0.3) is 5.69 Å². The van der Waals surface area contributed by atoms with Gasteiger partial charge in [0, 0.05) is 25.0 Å². The number of nitro groups is 1. The van der Waals surface area contributed by atoms with Gasteiger partial charge in [-0.25, -0.2) is 4.79 Å². The Morgan fingerprint density at radius 3 is 2.07 bits per heavy atom. The van der Waals surface area contributed by atoms with Gasteiger partial charge in [0.15, 0.2) is 0 Å². The average Bonchev–Trinajstić information content (AvgIpc) is 2.66. The van der Waals surface area contributed by atoms with Crippen LogP contribution in [-0.4, -0.2) is 43.0 Å². The van der Waals surface area contributed by atoms with Crippen LogP contribution in [0, 0.1) is 21.4 Å². The highest BCUT2D eigenvalue weighted by Crippen LogP contribution is 2.30. The number of hydrogen-bond donors (Lipinski definition) is 1. The molecule has 1 N–H and O–H groups in total. The number of amides is 1. The Morgan fingerprint density at radius 2 is 1.62 bits per heavy atom. The number of nitrogens with zero attached hydrogens (tertiary/aromatic N) is 1. The highest BCUT2D eigenvalue weighted by atomic mass is 16.6. The third kappa shape index (κ3) is 7.52. The predicted molar refractivity (Wildman–Crippen MR) is 105 cm³/mol. The zero-order valence-electron chi connectivity index (χ0n) is 17.4. The number of ether oxygens (including phenoxy) is 2. The van der Waals surface area contributed by atoms with E-state index in [9.17, 15) is 24.5 Å². The summed E-state index contributed by atoms with van der Waals surface area (Å²) in [7, 11) is 2.52. The summed E-state index contributed by atoms with van der Waals surface area (Å²) in [5.41, 5.74) is 0.185. The topological polar surface area (TPSA) is 125 Å². The van der Waals surface area contributed by atoms with Crippen LogP contribution in [0.15, 0.2) is 24.3 Å². The van der Waals surface area contributed by atoms with E-state index >= 15 is 0 Å². The lowest BCUT2D eigenvalue weighted by atomic mass is 9.78. The molecule has 0 aliphatic heterocycles. The van der Waals surface area contributed by atoms with Crippen LogP contribution in [0.5, 0.6) is 0 Å². The van der Waals surface area contributed by atoms with Crippen molar-refractivity contribution in [2.24, 2.45) is 11.3 Å². The Hall–Kier alpha value is -2.97. The average molecular weight is 408 g/mol. The fourth-order valence-corrected chi connectivity index (χ4v) is 2.91. The Labute approximate surface area is 169 Å². The molecule has 0 saturated heterocycles. The van der Waals surface area contributed by atoms with Crippen molar-refractivity contribution >= 4 is 23.5 Å². The molecule has 1 amide bonds. The number of nitro benzene ring substituents is 1. The monoisotopic (exact) mass is 408 g/mol. The number of benzene rings is 1. The van der Waals surface area contributed by atoms with Gasteiger partial charge in [0.1, 0.15) is 6.04 Å². The largest absolute Gasteiger partial charge is 0.469 e. The van der Waals surface area contributed by atoms with E-state index in [0.29, 0.717) is 5.56 Å². The third-order valence-electron chi connectivity index (χ3n) is 4.60. The van der Waals surface area contributed by atoms with E-state index in [1.807, 2.05) is 20.8 Å². The normalized spacial score (nSPS) is 13.1. The lowest BCUT2D eigenvalue weighted by Gasteiger charge is -2.28. The second-order valence-corrected chi connectivity index (χ2v) is 7.75. The molecule has 0 aromatic heterocycles. The minimum Gasteiger partial charge on any atom is -0.469 e. The van der Waals surface area contributed by atoms with Crippen LogP contribution < -0.4 is 5.32 Å². The summed E-state index contributed by atoms with van der Waals surface area (Å²) >= 11 is 0. The minimum atomic E-state index is -0.944. The molecule has 0 saturated carbocycles. The van der Waals surface area contributed by atoms with Crippen LogP contribution in [-0.2, 0) is 30.3 Å². The van der Waals surface area contributed by atoms with Crippen molar-refractivity contribution in [3.63, 3.8) is 0 Å². The molecule has 0 fully saturated rings. The molecule has 1 aromatic carbocycles. The van der Waals surface area contributed by atoms with Crippen molar-refractivity contribution in [3.05, 3.63) is 39.9 Å². The molecule has 0 bridgehead atoms. The number of non-ortho nitro benzene ring substituents is 1. The first-order valence-electron chi connectivity index (χ1n) is 9.18. The van der Waals surface area contributed by atoms with E-state index in [1.54, 1.807) is 0 Å². The third-order valence-corrected chi connectivity index (χ3v) is 4.60. The van der Waals surface area contributed by atoms with Gasteiger partial charge in [0.05, 0.1) is 25.1 Å². The SMILES string of the molecule is COC(=O)C(Cc1ccc([N+](=O)[O-])cc1)NC(=O)CCC(C(=O)OC)C(C)(C)C. The number of esters is 2. The van der Waals surface area contributed by atoms with Gasteiger partial charge in [-0.05, 0) is 17.4 Å². The van der Waals surface area contributed by atoms with E-state index in [-0.39, 0.29) is 36.3 Å². The van der Waals surface area contributed by atoms with E-state index < -0.39 is 28.8 Å². The van der Waals surface area contributed by atoms with Crippen molar-refractivity contribution in [1.82, 2.24) is 5.32 Å². The summed E-state index contributed by atoms with van der Waals surface area (Å²) in [5, 5.41) is 13.4. The van der Waals surface area contributed by atoms with E-state index in [1.165, 1.54) is 38.5 Å². The molecule has 1 rings (SSSR count). The Morgan fingerprint density at radius 1 is 1.07 bits per heavy atom. The van der Waals surface area contributed by atoms with Gasteiger partial charge in [-0.2, -0.15) is 0 Å². The summed E-state index contributed by atoms with van der Waals surface area (Å²) in [6.07, 6.45) is 0.425. The van der Waals surface area contributed by atoms with E-state index in [4.69, 9.17) is 9.47 Å². The van der Waals surface area contributed by atoms with Crippen LogP contribution in [0.25, 0.3) is 0 Å². The van der Waals surface area contributed by atoms with Gasteiger partial charge >= 0.3 is 11.9 Å². The Kier molecular flexibility index (Phi) is 8.75. The number of methoxy groups -OCH3 is 2. The lowest BCUT2D eigenvalue weighted by Crippen LogP contribution is -2.43. The quantitative estimate of drug-likeness (QED) is 0.378. The predicted octanol–water partition coefficient (Wildman–Crippen LogP) is 2.41. The van der Waals surface area contributed by atoms with Crippen LogP contribution in [0.1, 0.15) is 39.2 Å². The summed E-state index contributed by atoms with van der Waals surface area (Å²) in [6, 6.07) is 4.76. The fourth-order valence-electron chi connectivity index (χ4n) is 2.91.